The molecule has 29 heavy (non-hydrogen) atoms. The van der Waals surface area contributed by atoms with Crippen molar-refractivity contribution in [2.24, 2.45) is 0 Å². The fourth-order valence-electron chi connectivity index (χ4n) is 4.01. The number of hydrogen-bond donors (Lipinski definition) is 1. The summed E-state index contributed by atoms with van der Waals surface area (Å²) in [5, 5.41) is 4.85. The smallest absolute Gasteiger partial charge is 0.0963 e. The molecule has 4 heterocycles. The molecule has 5 rings (SSSR count). The van der Waals surface area contributed by atoms with Crippen molar-refractivity contribution >= 4 is 22.2 Å². The van der Waals surface area contributed by atoms with Gasteiger partial charge >= 0.3 is 0 Å². The molecule has 1 aliphatic rings. The summed E-state index contributed by atoms with van der Waals surface area (Å²) in [5.41, 5.74) is 8.01. The van der Waals surface area contributed by atoms with Gasteiger partial charge < -0.3 is 5.32 Å². The van der Waals surface area contributed by atoms with Gasteiger partial charge in [0, 0.05) is 35.1 Å². The van der Waals surface area contributed by atoms with Crippen LogP contribution in [0.5, 0.6) is 0 Å². The molecular weight excluding hydrogens is 356 g/mol. The predicted molar refractivity (Wildman–Crippen MR) is 118 cm³/mol. The van der Waals surface area contributed by atoms with Gasteiger partial charge in [0.15, 0.2) is 0 Å². The highest BCUT2D eigenvalue weighted by atomic mass is 15.0. The monoisotopic (exact) mass is 378 g/mol. The highest BCUT2D eigenvalue weighted by Crippen LogP contribution is 2.43. The Balaban J connectivity index is 1.81. The molecule has 1 aliphatic heterocycles. The van der Waals surface area contributed by atoms with Crippen molar-refractivity contribution in [2.45, 2.75) is 26.3 Å². The number of aromatic nitrogens is 3. The zero-order valence-corrected chi connectivity index (χ0v) is 16.8. The second-order valence-corrected chi connectivity index (χ2v) is 7.89. The number of nitrogens with one attached hydrogen (secondary N) is 1. The number of nitrogens with zero attached hydrogens (tertiary/aromatic N) is 3. The van der Waals surface area contributed by atoms with E-state index >= 15 is 0 Å². The first-order valence-corrected chi connectivity index (χ1v) is 9.79. The highest BCUT2D eigenvalue weighted by molar-refractivity contribution is 6.01. The van der Waals surface area contributed by atoms with Crippen molar-refractivity contribution in [3.8, 4) is 0 Å². The van der Waals surface area contributed by atoms with Crippen LogP contribution in [0, 0.1) is 13.8 Å². The number of aryl methyl sites for hydroxylation is 2. The molecule has 0 radical (unpaired) electrons. The highest BCUT2D eigenvalue weighted by Gasteiger charge is 2.33. The number of pyridine rings is 3. The van der Waals surface area contributed by atoms with E-state index in [2.05, 4.69) is 77.4 Å². The van der Waals surface area contributed by atoms with E-state index in [4.69, 9.17) is 0 Å². The normalized spacial score (nSPS) is 18.1. The van der Waals surface area contributed by atoms with Crippen molar-refractivity contribution < 1.29 is 0 Å². The number of benzene rings is 1. The van der Waals surface area contributed by atoms with Crippen LogP contribution in [0.1, 0.15) is 35.0 Å². The van der Waals surface area contributed by atoms with E-state index in [0.29, 0.717) is 0 Å². The fraction of sp³-hybridized carbons (Fsp3) is 0.160. The van der Waals surface area contributed by atoms with Gasteiger partial charge in [-0.1, -0.05) is 18.2 Å². The fourth-order valence-corrected chi connectivity index (χ4v) is 4.01. The lowest BCUT2D eigenvalue weighted by atomic mass is 9.84. The molecule has 1 unspecified atom stereocenters. The summed E-state index contributed by atoms with van der Waals surface area (Å²) in [6, 6.07) is 16.7. The predicted octanol–water partition coefficient (Wildman–Crippen LogP) is 5.41. The van der Waals surface area contributed by atoms with Gasteiger partial charge in [0.25, 0.3) is 0 Å². The molecule has 0 aliphatic carbocycles. The Morgan fingerprint density at radius 2 is 1.62 bits per heavy atom. The summed E-state index contributed by atoms with van der Waals surface area (Å²) in [7, 11) is 0. The molecule has 4 heteroatoms. The van der Waals surface area contributed by atoms with E-state index in [1.54, 1.807) is 0 Å². The molecular formula is C25H22N4. The van der Waals surface area contributed by atoms with E-state index in [0.717, 1.165) is 39.1 Å². The van der Waals surface area contributed by atoms with Crippen molar-refractivity contribution in [3.05, 3.63) is 101 Å². The molecule has 3 aromatic heterocycles. The number of anilines is 1. The Labute approximate surface area is 170 Å². The standard InChI is InChI=1S/C25H22N4/c1-16-8-11-26-21(13-16)20-15-25(3,22-14-17(2)9-12-27-22)29-24-19(20)7-6-18-5-4-10-28-23(18)24/h4-15,29H,1-3H3. The molecule has 1 aromatic carbocycles. The van der Waals surface area contributed by atoms with E-state index in [9.17, 15) is 0 Å². The zero-order valence-electron chi connectivity index (χ0n) is 16.8. The maximum absolute atomic E-state index is 4.69. The van der Waals surface area contributed by atoms with Crippen LogP contribution in [0.2, 0.25) is 0 Å². The van der Waals surface area contributed by atoms with E-state index in [1.807, 2.05) is 36.8 Å². The van der Waals surface area contributed by atoms with Crippen LogP contribution >= 0.6 is 0 Å². The largest absolute Gasteiger partial charge is 0.369 e. The lowest BCUT2D eigenvalue weighted by Crippen LogP contribution is -2.34. The van der Waals surface area contributed by atoms with Crippen LogP contribution < -0.4 is 5.32 Å². The van der Waals surface area contributed by atoms with Crippen molar-refractivity contribution in [1.29, 1.82) is 0 Å². The van der Waals surface area contributed by atoms with Crippen LogP contribution in [0.25, 0.3) is 16.5 Å². The lowest BCUT2D eigenvalue weighted by molar-refractivity contribution is 0.658. The quantitative estimate of drug-likeness (QED) is 0.506. The second kappa shape index (κ2) is 6.52. The van der Waals surface area contributed by atoms with E-state index in [-0.39, 0.29) is 0 Å². The molecule has 0 saturated heterocycles. The molecule has 0 saturated carbocycles. The maximum Gasteiger partial charge on any atom is 0.0963 e. The van der Waals surface area contributed by atoms with Crippen LogP contribution in [0.4, 0.5) is 5.69 Å². The average Bonchev–Trinajstić information content (AvgIpc) is 2.73. The number of hydrogen-bond acceptors (Lipinski definition) is 4. The Bertz CT molecular complexity index is 1270. The summed E-state index contributed by atoms with van der Waals surface area (Å²) in [4.78, 5) is 14.1. The minimum absolute atomic E-state index is 0.481. The Hall–Kier alpha value is -3.53. The summed E-state index contributed by atoms with van der Waals surface area (Å²) in [6.07, 6.45) is 7.82. The van der Waals surface area contributed by atoms with Crippen LogP contribution in [0.3, 0.4) is 0 Å². The van der Waals surface area contributed by atoms with Gasteiger partial charge in [-0.15, -0.1) is 0 Å². The summed E-state index contributed by atoms with van der Waals surface area (Å²) < 4.78 is 0. The lowest BCUT2D eigenvalue weighted by Gasteiger charge is -2.35. The van der Waals surface area contributed by atoms with E-state index < -0.39 is 5.54 Å². The zero-order chi connectivity index (χ0) is 20.0. The molecule has 1 atom stereocenters. The first-order chi connectivity index (χ1) is 14.0. The van der Waals surface area contributed by atoms with Gasteiger partial charge in [-0.05, 0) is 68.3 Å². The van der Waals surface area contributed by atoms with Crippen molar-refractivity contribution in [1.82, 2.24) is 15.0 Å². The molecule has 142 valence electrons. The Morgan fingerprint density at radius 3 is 2.41 bits per heavy atom. The van der Waals surface area contributed by atoms with Gasteiger partial charge in [-0.3, -0.25) is 15.0 Å². The van der Waals surface area contributed by atoms with Crippen LogP contribution in [-0.2, 0) is 5.54 Å². The molecule has 0 bridgehead atoms. The average molecular weight is 378 g/mol. The van der Waals surface area contributed by atoms with E-state index in [1.165, 1.54) is 11.1 Å². The SMILES string of the molecule is Cc1ccnc(C2=CC(C)(c3cc(C)ccn3)Nc3c2ccc2cccnc32)c1. The first kappa shape index (κ1) is 17.6. The second-order valence-electron chi connectivity index (χ2n) is 7.89. The van der Waals surface area contributed by atoms with Gasteiger partial charge in [0.1, 0.15) is 0 Å². The minimum atomic E-state index is -0.481. The van der Waals surface area contributed by atoms with Crippen LogP contribution in [-0.4, -0.2) is 15.0 Å². The third-order valence-electron chi connectivity index (χ3n) is 5.52. The molecule has 1 N–H and O–H groups in total. The summed E-state index contributed by atoms with van der Waals surface area (Å²) in [5.74, 6) is 0. The third-order valence-corrected chi connectivity index (χ3v) is 5.52. The Kier molecular flexibility index (Phi) is 3.95. The van der Waals surface area contributed by atoms with Gasteiger partial charge in [-0.2, -0.15) is 0 Å². The molecule has 0 amide bonds. The Morgan fingerprint density at radius 1 is 0.828 bits per heavy atom. The summed E-state index contributed by atoms with van der Waals surface area (Å²) >= 11 is 0. The molecule has 4 aromatic rings. The topological polar surface area (TPSA) is 50.7 Å². The first-order valence-electron chi connectivity index (χ1n) is 9.79. The third kappa shape index (κ3) is 2.97. The van der Waals surface area contributed by atoms with Gasteiger partial charge in [0.05, 0.1) is 28.1 Å². The minimum Gasteiger partial charge on any atom is -0.369 e. The molecule has 0 fully saturated rings. The molecule has 4 nitrogen and oxygen atoms in total. The number of fused-ring (bicyclic) bond motifs is 3. The van der Waals surface area contributed by atoms with Crippen LogP contribution in [0.15, 0.2) is 73.2 Å². The van der Waals surface area contributed by atoms with Crippen molar-refractivity contribution in [2.75, 3.05) is 5.32 Å². The van der Waals surface area contributed by atoms with Crippen molar-refractivity contribution in [3.63, 3.8) is 0 Å². The van der Waals surface area contributed by atoms with Gasteiger partial charge in [-0.25, -0.2) is 0 Å². The summed E-state index contributed by atoms with van der Waals surface area (Å²) in [6.45, 7) is 6.35. The molecule has 0 spiro atoms. The maximum atomic E-state index is 4.69. The van der Waals surface area contributed by atoms with Gasteiger partial charge in [0.2, 0.25) is 0 Å². The number of rotatable bonds is 2.